The summed E-state index contributed by atoms with van der Waals surface area (Å²) in [6, 6.07) is 8.26. The number of hydrogen-bond donors (Lipinski definition) is 3. The van der Waals surface area contributed by atoms with Crippen molar-refractivity contribution < 1.29 is 23.0 Å². The molecule has 0 bridgehead atoms. The van der Waals surface area contributed by atoms with E-state index in [0.717, 1.165) is 0 Å². The van der Waals surface area contributed by atoms with Gasteiger partial charge in [0.1, 0.15) is 23.7 Å². The van der Waals surface area contributed by atoms with Crippen molar-refractivity contribution in [2.24, 2.45) is 0 Å². The fourth-order valence-electron chi connectivity index (χ4n) is 1.82. The third-order valence-corrected chi connectivity index (χ3v) is 2.81. The van der Waals surface area contributed by atoms with Crippen LogP contribution in [0.3, 0.4) is 0 Å². The van der Waals surface area contributed by atoms with Crippen LogP contribution in [0.15, 0.2) is 42.6 Å². The molecule has 0 amide bonds. The number of alkyl halides is 3. The fourth-order valence-corrected chi connectivity index (χ4v) is 1.82. The summed E-state index contributed by atoms with van der Waals surface area (Å²) in [6.07, 6.45) is -3.28. The molecule has 0 fully saturated rings. The Labute approximate surface area is 123 Å². The maximum Gasteiger partial charge on any atom is 0.573 e. The lowest BCUT2D eigenvalue weighted by atomic mass is 10.1. The van der Waals surface area contributed by atoms with E-state index in [-0.39, 0.29) is 17.1 Å². The van der Waals surface area contributed by atoms with Crippen molar-refractivity contribution in [2.45, 2.75) is 6.36 Å². The summed E-state index contributed by atoms with van der Waals surface area (Å²) in [5.41, 5.74) is 1.20. The van der Waals surface area contributed by atoms with Gasteiger partial charge in [0.15, 0.2) is 0 Å². The average Bonchev–Trinajstić information content (AvgIpc) is 2.46. The number of aliphatic hydroxyl groups excluding tert-OH is 1. The van der Waals surface area contributed by atoms with Crippen molar-refractivity contribution in [3.8, 4) is 16.9 Å². The molecule has 0 saturated carbocycles. The lowest BCUT2D eigenvalue weighted by Crippen LogP contribution is -2.27. The number of nitrogens with one attached hydrogen (secondary N) is 2. The van der Waals surface area contributed by atoms with Gasteiger partial charge in [-0.2, -0.15) is 0 Å². The normalized spacial score (nSPS) is 11.3. The molecule has 0 unspecified atom stereocenters. The molecule has 1 aromatic carbocycles. The first-order chi connectivity index (χ1) is 10.3. The van der Waals surface area contributed by atoms with Crippen molar-refractivity contribution in [1.82, 2.24) is 4.57 Å². The summed E-state index contributed by atoms with van der Waals surface area (Å²) in [4.78, 5) is 0. The molecule has 22 heavy (non-hydrogen) atoms. The van der Waals surface area contributed by atoms with Gasteiger partial charge in [0.25, 0.3) is 0 Å². The maximum atomic E-state index is 12.1. The van der Waals surface area contributed by atoms with Crippen LogP contribution < -0.4 is 10.2 Å². The zero-order valence-corrected chi connectivity index (χ0v) is 11.2. The highest BCUT2D eigenvalue weighted by molar-refractivity contribution is 5.83. The van der Waals surface area contributed by atoms with Gasteiger partial charge in [-0.25, -0.2) is 0 Å². The van der Waals surface area contributed by atoms with Gasteiger partial charge in [0.2, 0.25) is 0 Å². The van der Waals surface area contributed by atoms with E-state index in [2.05, 4.69) is 4.74 Å². The largest absolute Gasteiger partial charge is 0.573 e. The van der Waals surface area contributed by atoms with E-state index in [9.17, 15) is 13.2 Å². The van der Waals surface area contributed by atoms with E-state index in [1.165, 1.54) is 41.1 Å². The number of pyridine rings is 1. The number of halogens is 3. The van der Waals surface area contributed by atoms with Crippen LogP contribution in [0.4, 0.5) is 13.2 Å². The van der Waals surface area contributed by atoms with Crippen LogP contribution in [0.25, 0.3) is 11.1 Å². The first-order valence-electron chi connectivity index (χ1n) is 6.12. The van der Waals surface area contributed by atoms with Gasteiger partial charge in [0, 0.05) is 6.20 Å². The molecular weight excluding hydrogens is 299 g/mol. The molecule has 2 rings (SSSR count). The summed E-state index contributed by atoms with van der Waals surface area (Å²) < 4.78 is 41.3. The second-order valence-corrected chi connectivity index (χ2v) is 4.35. The Bertz CT molecular complexity index is 736. The lowest BCUT2D eigenvalue weighted by Gasteiger charge is -2.11. The van der Waals surface area contributed by atoms with Crippen molar-refractivity contribution in [3.05, 3.63) is 48.1 Å². The SMILES string of the molecule is N=C(CO)n1cc(-c2ccc(OC(F)(F)F)cc2)ccc1=N. The van der Waals surface area contributed by atoms with Crippen LogP contribution in [0.2, 0.25) is 0 Å². The number of aliphatic hydroxyl groups is 1. The van der Waals surface area contributed by atoms with Gasteiger partial charge in [-0.05, 0) is 35.4 Å². The molecule has 0 aliphatic heterocycles. The minimum Gasteiger partial charge on any atom is -0.406 e. The van der Waals surface area contributed by atoms with Gasteiger partial charge in [-0.1, -0.05) is 12.1 Å². The minimum atomic E-state index is -4.74. The average molecular weight is 311 g/mol. The third-order valence-electron chi connectivity index (χ3n) is 2.81. The topological polar surface area (TPSA) is 82.1 Å². The van der Waals surface area contributed by atoms with Crippen LogP contribution >= 0.6 is 0 Å². The van der Waals surface area contributed by atoms with Crippen molar-refractivity contribution in [1.29, 1.82) is 10.8 Å². The zero-order chi connectivity index (χ0) is 16.3. The van der Waals surface area contributed by atoms with Gasteiger partial charge >= 0.3 is 6.36 Å². The molecule has 3 N–H and O–H groups in total. The molecule has 116 valence electrons. The molecule has 0 radical (unpaired) electrons. The second-order valence-electron chi connectivity index (χ2n) is 4.35. The molecule has 8 heteroatoms. The summed E-state index contributed by atoms with van der Waals surface area (Å²) >= 11 is 0. The molecule has 5 nitrogen and oxygen atoms in total. The zero-order valence-electron chi connectivity index (χ0n) is 11.2. The molecule has 1 aromatic heterocycles. The first-order valence-corrected chi connectivity index (χ1v) is 6.12. The highest BCUT2D eigenvalue weighted by atomic mass is 19.4. The van der Waals surface area contributed by atoms with Crippen LogP contribution in [0, 0.1) is 10.8 Å². The Morgan fingerprint density at radius 1 is 1.09 bits per heavy atom. The second kappa shape index (κ2) is 6.02. The molecule has 2 aromatic rings. The molecular formula is C14H12F3N3O2. The predicted molar refractivity (Wildman–Crippen MR) is 72.6 cm³/mol. The molecule has 0 atom stereocenters. The molecule has 0 saturated heterocycles. The van der Waals surface area contributed by atoms with Crippen LogP contribution in [0.1, 0.15) is 0 Å². The molecule has 1 heterocycles. The third kappa shape index (κ3) is 3.73. The monoisotopic (exact) mass is 311 g/mol. The van der Waals surface area contributed by atoms with E-state index in [1.807, 2.05) is 0 Å². The smallest absolute Gasteiger partial charge is 0.406 e. The Balaban J connectivity index is 2.33. The number of nitrogens with zero attached hydrogens (tertiary/aromatic N) is 1. The maximum absolute atomic E-state index is 12.1. The Hall–Kier alpha value is -2.61. The van der Waals surface area contributed by atoms with Crippen LogP contribution in [-0.4, -0.2) is 28.5 Å². The summed E-state index contributed by atoms with van der Waals surface area (Å²) in [5, 5.41) is 24.2. The predicted octanol–water partition coefficient (Wildman–Crippen LogP) is 2.35. The number of aromatic nitrogens is 1. The van der Waals surface area contributed by atoms with Crippen LogP contribution in [-0.2, 0) is 0 Å². The van der Waals surface area contributed by atoms with Gasteiger partial charge in [-0.15, -0.1) is 13.2 Å². The Morgan fingerprint density at radius 2 is 1.68 bits per heavy atom. The number of ether oxygens (including phenoxy) is 1. The summed E-state index contributed by atoms with van der Waals surface area (Å²) in [7, 11) is 0. The fraction of sp³-hybridized carbons (Fsp3) is 0.143. The van der Waals surface area contributed by atoms with E-state index < -0.39 is 13.0 Å². The molecule has 0 aliphatic carbocycles. The minimum absolute atomic E-state index is 0.0137. The number of rotatable bonds is 3. The van der Waals surface area contributed by atoms with Crippen LogP contribution in [0.5, 0.6) is 5.75 Å². The van der Waals surface area contributed by atoms with E-state index >= 15 is 0 Å². The van der Waals surface area contributed by atoms with Gasteiger partial charge in [0.05, 0.1) is 0 Å². The van der Waals surface area contributed by atoms with Gasteiger partial charge in [-0.3, -0.25) is 15.4 Å². The van der Waals surface area contributed by atoms with E-state index in [1.54, 1.807) is 6.07 Å². The Kier molecular flexibility index (Phi) is 4.32. The molecule has 0 aliphatic rings. The first kappa shape index (κ1) is 15.8. The summed E-state index contributed by atoms with van der Waals surface area (Å²) in [5.74, 6) is -0.506. The van der Waals surface area contributed by atoms with E-state index in [4.69, 9.17) is 15.9 Å². The molecule has 0 spiro atoms. The number of benzene rings is 1. The van der Waals surface area contributed by atoms with Crippen molar-refractivity contribution in [2.75, 3.05) is 6.61 Å². The summed E-state index contributed by atoms with van der Waals surface area (Å²) in [6.45, 7) is -0.529. The highest BCUT2D eigenvalue weighted by Crippen LogP contribution is 2.26. The lowest BCUT2D eigenvalue weighted by molar-refractivity contribution is -0.274. The van der Waals surface area contributed by atoms with Gasteiger partial charge < -0.3 is 9.84 Å². The van der Waals surface area contributed by atoms with Crippen molar-refractivity contribution in [3.63, 3.8) is 0 Å². The quantitative estimate of drug-likeness (QED) is 0.600. The highest BCUT2D eigenvalue weighted by Gasteiger charge is 2.30. The van der Waals surface area contributed by atoms with E-state index in [0.29, 0.717) is 11.1 Å². The van der Waals surface area contributed by atoms with Crippen molar-refractivity contribution >= 4 is 5.84 Å². The number of hydrogen-bond acceptors (Lipinski definition) is 4. The standard InChI is InChI=1S/C14H12F3N3O2/c15-14(16,17)22-11-4-1-9(2-5-11)10-3-6-12(18)20(7-10)13(19)8-21/h1-7,18-19,21H,8H2. The Morgan fingerprint density at radius 3 is 2.23 bits per heavy atom.